The largest absolute Gasteiger partial charge is 0.484 e. The standard InChI is InChI=1S/C23H22FN5O3/c1-15-6-7-17(12-26-15)23-20(21-10-16(2)28-32-21)13-27-29(23)9-8-25-22(30)14-31-19-5-3-4-18(24)11-19/h3-7,10-13H,8-9,14H2,1-2H3,(H,25,30). The molecule has 1 aromatic carbocycles. The number of nitrogens with one attached hydrogen (secondary N) is 1. The number of carbonyl (C=O) groups excluding carboxylic acids is 1. The topological polar surface area (TPSA) is 95.1 Å². The molecule has 4 rings (SSSR count). The van der Waals surface area contributed by atoms with Crippen LogP contribution in [0.1, 0.15) is 11.4 Å². The second-order valence-corrected chi connectivity index (χ2v) is 7.25. The lowest BCUT2D eigenvalue weighted by molar-refractivity contribution is -0.123. The quantitative estimate of drug-likeness (QED) is 0.455. The van der Waals surface area contributed by atoms with Gasteiger partial charge in [0.05, 0.1) is 29.7 Å². The molecule has 164 valence electrons. The fraction of sp³-hybridized carbons (Fsp3) is 0.217. The Morgan fingerprint density at radius 1 is 1.16 bits per heavy atom. The van der Waals surface area contributed by atoms with E-state index in [9.17, 15) is 9.18 Å². The third-order valence-corrected chi connectivity index (χ3v) is 4.73. The number of hydrogen-bond donors (Lipinski definition) is 1. The van der Waals surface area contributed by atoms with Crippen molar-refractivity contribution in [2.75, 3.05) is 13.2 Å². The number of hydrogen-bond acceptors (Lipinski definition) is 6. The molecule has 8 nitrogen and oxygen atoms in total. The van der Waals surface area contributed by atoms with Gasteiger partial charge >= 0.3 is 0 Å². The fourth-order valence-electron chi connectivity index (χ4n) is 3.20. The van der Waals surface area contributed by atoms with Crippen LogP contribution in [0.25, 0.3) is 22.6 Å². The van der Waals surface area contributed by atoms with Gasteiger partial charge in [-0.25, -0.2) is 4.39 Å². The summed E-state index contributed by atoms with van der Waals surface area (Å²) >= 11 is 0. The van der Waals surface area contributed by atoms with E-state index in [4.69, 9.17) is 9.26 Å². The van der Waals surface area contributed by atoms with E-state index in [2.05, 4.69) is 20.6 Å². The first-order chi connectivity index (χ1) is 15.5. The number of ether oxygens (including phenoxy) is 1. The average molecular weight is 435 g/mol. The van der Waals surface area contributed by atoms with Crippen LogP contribution in [0, 0.1) is 19.7 Å². The summed E-state index contributed by atoms with van der Waals surface area (Å²) in [5.41, 5.74) is 4.16. The number of aryl methyl sites for hydroxylation is 2. The van der Waals surface area contributed by atoms with Crippen LogP contribution in [0.5, 0.6) is 5.75 Å². The molecule has 3 aromatic heterocycles. The SMILES string of the molecule is Cc1ccc(-c2c(-c3cc(C)no3)cnn2CCNC(=O)COc2cccc(F)c2)cn1. The minimum absolute atomic E-state index is 0.208. The fourth-order valence-corrected chi connectivity index (χ4v) is 3.20. The monoisotopic (exact) mass is 435 g/mol. The first-order valence-corrected chi connectivity index (χ1v) is 10.1. The molecular weight excluding hydrogens is 413 g/mol. The van der Waals surface area contributed by atoms with Crippen molar-refractivity contribution in [2.24, 2.45) is 0 Å². The highest BCUT2D eigenvalue weighted by Gasteiger charge is 2.18. The Morgan fingerprint density at radius 3 is 2.75 bits per heavy atom. The maximum Gasteiger partial charge on any atom is 0.258 e. The van der Waals surface area contributed by atoms with Crippen molar-refractivity contribution in [3.8, 4) is 28.3 Å². The van der Waals surface area contributed by atoms with Gasteiger partial charge in [-0.3, -0.25) is 14.5 Å². The summed E-state index contributed by atoms with van der Waals surface area (Å²) in [5.74, 6) is 0.175. The zero-order valence-corrected chi connectivity index (χ0v) is 17.7. The van der Waals surface area contributed by atoms with Gasteiger partial charge in [-0.15, -0.1) is 0 Å². The molecule has 1 amide bonds. The van der Waals surface area contributed by atoms with Crippen molar-refractivity contribution in [1.29, 1.82) is 0 Å². The molecule has 3 heterocycles. The van der Waals surface area contributed by atoms with Crippen molar-refractivity contribution >= 4 is 5.91 Å². The Balaban J connectivity index is 1.44. The van der Waals surface area contributed by atoms with Crippen LogP contribution in [0.2, 0.25) is 0 Å². The van der Waals surface area contributed by atoms with E-state index >= 15 is 0 Å². The molecule has 0 radical (unpaired) electrons. The third kappa shape index (κ3) is 5.00. The van der Waals surface area contributed by atoms with E-state index < -0.39 is 5.82 Å². The van der Waals surface area contributed by atoms with Gasteiger partial charge in [0.1, 0.15) is 11.6 Å². The Kier molecular flexibility index (Phi) is 6.25. The highest BCUT2D eigenvalue weighted by atomic mass is 19.1. The first-order valence-electron chi connectivity index (χ1n) is 10.1. The molecule has 0 unspecified atom stereocenters. The molecule has 0 aliphatic rings. The minimum atomic E-state index is -0.419. The predicted molar refractivity (Wildman–Crippen MR) is 115 cm³/mol. The summed E-state index contributed by atoms with van der Waals surface area (Å²) in [7, 11) is 0. The number of carbonyl (C=O) groups is 1. The lowest BCUT2D eigenvalue weighted by atomic mass is 10.1. The van der Waals surface area contributed by atoms with Gasteiger partial charge in [-0.05, 0) is 38.1 Å². The molecule has 0 atom stereocenters. The first kappa shape index (κ1) is 21.2. The molecule has 0 fully saturated rings. The van der Waals surface area contributed by atoms with Crippen LogP contribution >= 0.6 is 0 Å². The second-order valence-electron chi connectivity index (χ2n) is 7.25. The Hall–Kier alpha value is -4.01. The molecule has 1 N–H and O–H groups in total. The van der Waals surface area contributed by atoms with Gasteiger partial charge in [0.15, 0.2) is 12.4 Å². The van der Waals surface area contributed by atoms with Gasteiger partial charge in [-0.2, -0.15) is 5.10 Å². The summed E-state index contributed by atoms with van der Waals surface area (Å²) in [6.45, 7) is 4.31. The minimum Gasteiger partial charge on any atom is -0.484 e. The smallest absolute Gasteiger partial charge is 0.258 e. The van der Waals surface area contributed by atoms with Crippen molar-refractivity contribution in [3.05, 3.63) is 72.1 Å². The van der Waals surface area contributed by atoms with Gasteiger partial charge < -0.3 is 14.6 Å². The van der Waals surface area contributed by atoms with Crippen molar-refractivity contribution in [3.63, 3.8) is 0 Å². The number of nitrogens with zero attached hydrogens (tertiary/aromatic N) is 4. The van der Waals surface area contributed by atoms with Crippen LogP contribution in [0.15, 0.2) is 59.4 Å². The van der Waals surface area contributed by atoms with Crippen molar-refractivity contribution in [1.82, 2.24) is 25.2 Å². The van der Waals surface area contributed by atoms with Crippen molar-refractivity contribution < 1.29 is 18.4 Å². The van der Waals surface area contributed by atoms with Gasteiger partial charge in [0.25, 0.3) is 5.91 Å². The van der Waals surface area contributed by atoms with Gasteiger partial charge in [0.2, 0.25) is 0 Å². The van der Waals surface area contributed by atoms with Crippen LogP contribution in [0.4, 0.5) is 4.39 Å². The van der Waals surface area contributed by atoms with E-state index in [-0.39, 0.29) is 12.5 Å². The molecule has 0 saturated heterocycles. The van der Waals surface area contributed by atoms with Crippen LogP contribution in [-0.4, -0.2) is 39.0 Å². The van der Waals surface area contributed by atoms with Crippen LogP contribution in [-0.2, 0) is 11.3 Å². The van der Waals surface area contributed by atoms with E-state index in [1.54, 1.807) is 23.1 Å². The van der Waals surface area contributed by atoms with Crippen LogP contribution < -0.4 is 10.1 Å². The molecular formula is C23H22FN5O3. The van der Waals surface area contributed by atoms with E-state index in [0.717, 1.165) is 28.2 Å². The van der Waals surface area contributed by atoms with E-state index in [1.165, 1.54) is 18.2 Å². The zero-order chi connectivity index (χ0) is 22.5. The van der Waals surface area contributed by atoms with Gasteiger partial charge in [-0.1, -0.05) is 11.2 Å². The molecule has 0 aliphatic heterocycles. The molecule has 0 spiro atoms. The summed E-state index contributed by atoms with van der Waals surface area (Å²) in [5, 5.41) is 11.2. The highest BCUT2D eigenvalue weighted by Crippen LogP contribution is 2.32. The molecule has 32 heavy (non-hydrogen) atoms. The highest BCUT2D eigenvalue weighted by molar-refractivity contribution is 5.78. The summed E-state index contributed by atoms with van der Waals surface area (Å²) < 4.78 is 25.7. The normalized spacial score (nSPS) is 10.8. The number of halogens is 1. The lowest BCUT2D eigenvalue weighted by Crippen LogP contribution is -2.31. The Labute approximate surface area is 184 Å². The van der Waals surface area contributed by atoms with Gasteiger partial charge in [0, 0.05) is 36.1 Å². The third-order valence-electron chi connectivity index (χ3n) is 4.73. The molecule has 0 saturated carbocycles. The number of benzene rings is 1. The Morgan fingerprint density at radius 2 is 2.03 bits per heavy atom. The molecule has 4 aromatic rings. The number of amides is 1. The number of aromatic nitrogens is 4. The van der Waals surface area contributed by atoms with Crippen molar-refractivity contribution in [2.45, 2.75) is 20.4 Å². The number of pyridine rings is 1. The second kappa shape index (κ2) is 9.42. The zero-order valence-electron chi connectivity index (χ0n) is 17.7. The summed E-state index contributed by atoms with van der Waals surface area (Å²) in [6.07, 6.45) is 3.49. The van der Waals surface area contributed by atoms with Crippen LogP contribution in [0.3, 0.4) is 0 Å². The average Bonchev–Trinajstić information content (AvgIpc) is 3.39. The summed E-state index contributed by atoms with van der Waals surface area (Å²) in [6, 6.07) is 11.4. The van der Waals surface area contributed by atoms with E-state index in [0.29, 0.717) is 24.6 Å². The maximum absolute atomic E-state index is 13.2. The molecule has 0 aliphatic carbocycles. The molecule has 9 heteroatoms. The Bertz CT molecular complexity index is 1220. The lowest BCUT2D eigenvalue weighted by Gasteiger charge is -2.11. The molecule has 0 bridgehead atoms. The predicted octanol–water partition coefficient (Wildman–Crippen LogP) is 3.55. The summed E-state index contributed by atoms with van der Waals surface area (Å²) in [4.78, 5) is 16.5. The number of rotatable bonds is 8. The van der Waals surface area contributed by atoms with E-state index in [1.807, 2.05) is 32.0 Å². The maximum atomic E-state index is 13.2.